The first-order valence-corrected chi connectivity index (χ1v) is 7.60. The van der Waals surface area contributed by atoms with Crippen molar-refractivity contribution in [3.63, 3.8) is 0 Å². The summed E-state index contributed by atoms with van der Waals surface area (Å²) in [5.74, 6) is 2.16. The average Bonchev–Trinajstić information content (AvgIpc) is 2.89. The third kappa shape index (κ3) is 2.67. The third-order valence-electron chi connectivity index (χ3n) is 4.67. The first-order chi connectivity index (χ1) is 9.33. The van der Waals surface area contributed by atoms with Crippen LogP contribution in [0.4, 0.5) is 0 Å². The van der Waals surface area contributed by atoms with E-state index in [4.69, 9.17) is 0 Å². The Kier molecular flexibility index (Phi) is 3.84. The van der Waals surface area contributed by atoms with Crippen LogP contribution < -0.4 is 5.32 Å². The SMILES string of the molecule is OCC1(NCc2nnc3n2CCCC3)CCCCC1. The summed E-state index contributed by atoms with van der Waals surface area (Å²) in [5, 5.41) is 21.9. The molecule has 2 aliphatic rings. The molecule has 2 heterocycles. The van der Waals surface area contributed by atoms with E-state index < -0.39 is 0 Å². The maximum absolute atomic E-state index is 9.70. The summed E-state index contributed by atoms with van der Waals surface area (Å²) in [6, 6.07) is 0. The van der Waals surface area contributed by atoms with Gasteiger partial charge in [-0.1, -0.05) is 19.3 Å². The molecule has 106 valence electrons. The number of nitrogens with zero attached hydrogens (tertiary/aromatic N) is 3. The van der Waals surface area contributed by atoms with Crippen LogP contribution in [-0.2, 0) is 19.5 Å². The lowest BCUT2D eigenvalue weighted by molar-refractivity contribution is 0.118. The second-order valence-electron chi connectivity index (χ2n) is 5.99. The maximum Gasteiger partial charge on any atom is 0.147 e. The molecule has 0 spiro atoms. The zero-order chi connectivity index (χ0) is 13.1. The number of aliphatic hydroxyl groups is 1. The summed E-state index contributed by atoms with van der Waals surface area (Å²) in [4.78, 5) is 0. The summed E-state index contributed by atoms with van der Waals surface area (Å²) in [5.41, 5.74) is -0.0840. The monoisotopic (exact) mass is 264 g/mol. The quantitative estimate of drug-likeness (QED) is 0.863. The van der Waals surface area contributed by atoms with Crippen LogP contribution >= 0.6 is 0 Å². The maximum atomic E-state index is 9.70. The summed E-state index contributed by atoms with van der Waals surface area (Å²) < 4.78 is 2.25. The first-order valence-electron chi connectivity index (χ1n) is 7.60. The zero-order valence-electron chi connectivity index (χ0n) is 11.6. The number of aromatic nitrogens is 3. The molecule has 0 saturated heterocycles. The Hall–Kier alpha value is -0.940. The van der Waals surface area contributed by atoms with Crippen molar-refractivity contribution in [2.24, 2.45) is 0 Å². The Labute approximate surface area is 114 Å². The van der Waals surface area contributed by atoms with Crippen molar-refractivity contribution in [1.82, 2.24) is 20.1 Å². The van der Waals surface area contributed by atoms with E-state index >= 15 is 0 Å². The Morgan fingerprint density at radius 2 is 1.95 bits per heavy atom. The number of aliphatic hydroxyl groups excluding tert-OH is 1. The highest BCUT2D eigenvalue weighted by Crippen LogP contribution is 2.28. The van der Waals surface area contributed by atoms with Crippen LogP contribution in [0.5, 0.6) is 0 Å². The lowest BCUT2D eigenvalue weighted by Gasteiger charge is -2.36. The van der Waals surface area contributed by atoms with Crippen LogP contribution in [0.2, 0.25) is 0 Å². The molecule has 19 heavy (non-hydrogen) atoms. The molecule has 5 heteroatoms. The molecule has 3 rings (SSSR count). The van der Waals surface area contributed by atoms with Crippen LogP contribution in [0, 0.1) is 0 Å². The molecule has 0 unspecified atom stereocenters. The van der Waals surface area contributed by atoms with Crippen molar-refractivity contribution >= 4 is 0 Å². The normalized spacial score (nSPS) is 22.2. The van der Waals surface area contributed by atoms with Crippen molar-refractivity contribution < 1.29 is 5.11 Å². The van der Waals surface area contributed by atoms with Gasteiger partial charge in [0.15, 0.2) is 0 Å². The summed E-state index contributed by atoms with van der Waals surface area (Å²) in [6.07, 6.45) is 9.38. The average molecular weight is 264 g/mol. The second-order valence-corrected chi connectivity index (χ2v) is 5.99. The van der Waals surface area contributed by atoms with Crippen molar-refractivity contribution in [3.8, 4) is 0 Å². The van der Waals surface area contributed by atoms with Crippen molar-refractivity contribution in [2.45, 2.75) is 70.0 Å². The number of rotatable bonds is 4. The third-order valence-corrected chi connectivity index (χ3v) is 4.67. The van der Waals surface area contributed by atoms with Gasteiger partial charge >= 0.3 is 0 Å². The second kappa shape index (κ2) is 5.59. The van der Waals surface area contributed by atoms with Crippen LogP contribution in [0.3, 0.4) is 0 Å². The van der Waals surface area contributed by atoms with Crippen molar-refractivity contribution in [2.75, 3.05) is 6.61 Å². The van der Waals surface area contributed by atoms with Gasteiger partial charge in [-0.2, -0.15) is 0 Å². The van der Waals surface area contributed by atoms with E-state index in [-0.39, 0.29) is 12.1 Å². The Morgan fingerprint density at radius 1 is 1.11 bits per heavy atom. The minimum Gasteiger partial charge on any atom is -0.394 e. The van der Waals surface area contributed by atoms with Crippen LogP contribution in [-0.4, -0.2) is 32.0 Å². The first kappa shape index (κ1) is 13.1. The van der Waals surface area contributed by atoms with E-state index in [0.717, 1.165) is 44.0 Å². The van der Waals surface area contributed by atoms with E-state index in [1.165, 1.54) is 32.1 Å². The molecule has 1 aliphatic heterocycles. The fraction of sp³-hybridized carbons (Fsp3) is 0.857. The van der Waals surface area contributed by atoms with Crippen LogP contribution in [0.25, 0.3) is 0 Å². The van der Waals surface area contributed by atoms with Gasteiger partial charge in [0.05, 0.1) is 13.2 Å². The molecule has 0 atom stereocenters. The van der Waals surface area contributed by atoms with E-state index in [1.54, 1.807) is 0 Å². The summed E-state index contributed by atoms with van der Waals surface area (Å²) in [7, 11) is 0. The largest absolute Gasteiger partial charge is 0.394 e. The molecule has 0 bridgehead atoms. The molecule has 1 aromatic heterocycles. The smallest absolute Gasteiger partial charge is 0.147 e. The Balaban J connectivity index is 1.66. The van der Waals surface area contributed by atoms with Crippen molar-refractivity contribution in [1.29, 1.82) is 0 Å². The van der Waals surface area contributed by atoms with Gasteiger partial charge in [0.25, 0.3) is 0 Å². The highest BCUT2D eigenvalue weighted by atomic mass is 16.3. The van der Waals surface area contributed by atoms with Gasteiger partial charge in [0.1, 0.15) is 11.6 Å². The van der Waals surface area contributed by atoms with E-state index in [1.807, 2.05) is 0 Å². The number of hydrogen-bond donors (Lipinski definition) is 2. The summed E-state index contributed by atoms with van der Waals surface area (Å²) in [6.45, 7) is 2.01. The van der Waals surface area contributed by atoms with Crippen LogP contribution in [0.1, 0.15) is 56.6 Å². The fourth-order valence-electron chi connectivity index (χ4n) is 3.39. The van der Waals surface area contributed by atoms with E-state index in [2.05, 4.69) is 20.1 Å². The van der Waals surface area contributed by atoms with E-state index in [0.29, 0.717) is 0 Å². The van der Waals surface area contributed by atoms with Gasteiger partial charge in [-0.25, -0.2) is 0 Å². The Morgan fingerprint density at radius 3 is 2.74 bits per heavy atom. The van der Waals surface area contributed by atoms with Gasteiger partial charge in [-0.15, -0.1) is 10.2 Å². The lowest BCUT2D eigenvalue weighted by atomic mass is 9.82. The molecule has 0 amide bonds. The molecule has 1 aliphatic carbocycles. The highest BCUT2D eigenvalue weighted by molar-refractivity contribution is 5.00. The molecule has 2 N–H and O–H groups in total. The molecule has 1 fully saturated rings. The van der Waals surface area contributed by atoms with Gasteiger partial charge in [0.2, 0.25) is 0 Å². The molecule has 1 aromatic rings. The number of hydrogen-bond acceptors (Lipinski definition) is 4. The topological polar surface area (TPSA) is 63.0 Å². The van der Waals surface area contributed by atoms with Gasteiger partial charge < -0.3 is 15.0 Å². The van der Waals surface area contributed by atoms with E-state index in [9.17, 15) is 5.11 Å². The number of nitrogens with one attached hydrogen (secondary N) is 1. The minimum atomic E-state index is -0.0840. The van der Waals surface area contributed by atoms with Gasteiger partial charge in [-0.3, -0.25) is 0 Å². The Bertz CT molecular complexity index is 423. The van der Waals surface area contributed by atoms with Crippen molar-refractivity contribution in [3.05, 3.63) is 11.6 Å². The van der Waals surface area contributed by atoms with Crippen LogP contribution in [0.15, 0.2) is 0 Å². The predicted molar refractivity (Wildman–Crippen MR) is 72.7 cm³/mol. The molecule has 0 aromatic carbocycles. The molecular weight excluding hydrogens is 240 g/mol. The molecular formula is C14H24N4O. The molecule has 5 nitrogen and oxygen atoms in total. The zero-order valence-corrected chi connectivity index (χ0v) is 11.6. The highest BCUT2D eigenvalue weighted by Gasteiger charge is 2.31. The predicted octanol–water partition coefficient (Wildman–Crippen LogP) is 1.40. The standard InChI is InChI=1S/C14H24N4O/c19-11-14(7-3-1-4-8-14)15-10-13-17-16-12-6-2-5-9-18(12)13/h15,19H,1-11H2. The van der Waals surface area contributed by atoms with Gasteiger partial charge in [-0.05, 0) is 25.7 Å². The number of aryl methyl sites for hydroxylation is 1. The molecule has 0 radical (unpaired) electrons. The number of fused-ring (bicyclic) bond motifs is 1. The fourth-order valence-corrected chi connectivity index (χ4v) is 3.39. The molecule has 1 saturated carbocycles. The minimum absolute atomic E-state index is 0.0840. The lowest BCUT2D eigenvalue weighted by Crippen LogP contribution is -2.49. The summed E-state index contributed by atoms with van der Waals surface area (Å²) >= 11 is 0. The van der Waals surface area contributed by atoms with Gasteiger partial charge in [0, 0.05) is 18.5 Å².